The molecule has 7 nitrogen and oxygen atoms in total. The van der Waals surface area contributed by atoms with Gasteiger partial charge in [-0.2, -0.15) is 5.10 Å². The maximum atomic E-state index is 12.0. The fraction of sp³-hybridized carbons (Fsp3) is 0.111. The molecule has 0 unspecified atom stereocenters. The summed E-state index contributed by atoms with van der Waals surface area (Å²) in [5.74, 6) is 0. The minimum atomic E-state index is -0.112. The number of rotatable bonds is 2. The van der Waals surface area contributed by atoms with Crippen molar-refractivity contribution in [2.75, 3.05) is 5.73 Å². The van der Waals surface area contributed by atoms with Gasteiger partial charge in [0.25, 0.3) is 5.56 Å². The fourth-order valence-electron chi connectivity index (χ4n) is 1.56. The molecule has 0 spiro atoms. The first-order chi connectivity index (χ1) is 8.24. The molecule has 0 saturated carbocycles. The smallest absolute Gasteiger partial charge is 0.276 e. The largest absolute Gasteiger partial charge is 0.374 e. The number of nitrogens with zero attached hydrogens (tertiary/aromatic N) is 5. The lowest BCUT2D eigenvalue weighted by Gasteiger charge is -2.02. The number of hydrogen-bond acceptors (Lipinski definition) is 6. The van der Waals surface area contributed by atoms with E-state index in [1.807, 2.05) is 0 Å². The average Bonchev–Trinajstić information content (AvgIpc) is 2.92. The summed E-state index contributed by atoms with van der Waals surface area (Å²) in [5.41, 5.74) is 5.91. The molecule has 0 aliphatic rings. The summed E-state index contributed by atoms with van der Waals surface area (Å²) < 4.78 is 3.09. The summed E-state index contributed by atoms with van der Waals surface area (Å²) in [5, 5.41) is 12.7. The zero-order valence-corrected chi connectivity index (χ0v) is 9.46. The third-order valence-corrected chi connectivity index (χ3v) is 3.06. The summed E-state index contributed by atoms with van der Waals surface area (Å²) >= 11 is 1.27. The monoisotopic (exact) mass is 248 g/mol. The van der Waals surface area contributed by atoms with Crippen LogP contribution in [0.3, 0.4) is 0 Å². The Hall–Kier alpha value is -2.22. The highest BCUT2D eigenvalue weighted by atomic mass is 32.1. The van der Waals surface area contributed by atoms with Gasteiger partial charge in [0.15, 0.2) is 0 Å². The Kier molecular flexibility index (Phi) is 2.15. The van der Waals surface area contributed by atoms with Gasteiger partial charge in [0.05, 0.1) is 12.7 Å². The highest BCUT2D eigenvalue weighted by Gasteiger charge is 2.06. The van der Waals surface area contributed by atoms with Gasteiger partial charge < -0.3 is 10.3 Å². The Morgan fingerprint density at radius 1 is 1.35 bits per heavy atom. The van der Waals surface area contributed by atoms with Crippen molar-refractivity contribution in [3.63, 3.8) is 0 Å². The lowest BCUT2D eigenvalue weighted by Crippen LogP contribution is -2.21. The van der Waals surface area contributed by atoms with Gasteiger partial charge >= 0.3 is 0 Å². The van der Waals surface area contributed by atoms with E-state index in [4.69, 9.17) is 5.73 Å². The van der Waals surface area contributed by atoms with Crippen molar-refractivity contribution < 1.29 is 0 Å². The summed E-state index contributed by atoms with van der Waals surface area (Å²) in [6, 6.07) is 1.67. The van der Waals surface area contributed by atoms with E-state index in [-0.39, 0.29) is 5.56 Å². The molecule has 0 radical (unpaired) electrons. The fourth-order valence-corrected chi connectivity index (χ4v) is 2.17. The Morgan fingerprint density at radius 2 is 2.24 bits per heavy atom. The standard InChI is InChI=1S/C9H8N6OS/c10-9-13-12-7(17-9)5-14-3-4-15-6(8(14)16)1-2-11-15/h1-4H,5H2,(H2,10,13). The lowest BCUT2D eigenvalue weighted by atomic mass is 10.5. The van der Waals surface area contributed by atoms with Gasteiger partial charge in [-0.3, -0.25) is 4.79 Å². The van der Waals surface area contributed by atoms with E-state index in [0.717, 1.165) is 0 Å². The van der Waals surface area contributed by atoms with Gasteiger partial charge in [-0.25, -0.2) is 4.52 Å². The highest BCUT2D eigenvalue weighted by Crippen LogP contribution is 2.11. The SMILES string of the molecule is Nc1nnc(Cn2ccn3nccc3c2=O)s1. The zero-order valence-electron chi connectivity index (χ0n) is 8.65. The van der Waals surface area contributed by atoms with E-state index in [2.05, 4.69) is 15.3 Å². The first kappa shape index (κ1) is 9.97. The number of anilines is 1. The van der Waals surface area contributed by atoms with Crippen LogP contribution in [0.4, 0.5) is 5.13 Å². The molecule has 2 N–H and O–H groups in total. The Bertz CT molecular complexity index is 726. The molecule has 0 aliphatic carbocycles. The van der Waals surface area contributed by atoms with Crippen LogP contribution in [0.1, 0.15) is 5.01 Å². The van der Waals surface area contributed by atoms with Crippen LogP contribution in [-0.4, -0.2) is 24.4 Å². The van der Waals surface area contributed by atoms with Crippen molar-refractivity contribution in [1.29, 1.82) is 0 Å². The van der Waals surface area contributed by atoms with Crippen LogP contribution >= 0.6 is 11.3 Å². The summed E-state index contributed by atoms with van der Waals surface area (Å²) in [6.07, 6.45) is 4.98. The molecule has 0 fully saturated rings. The van der Waals surface area contributed by atoms with E-state index in [1.54, 1.807) is 29.2 Å². The second kappa shape index (κ2) is 3.67. The predicted octanol–water partition coefficient (Wildman–Crippen LogP) is -0.0220. The van der Waals surface area contributed by atoms with E-state index >= 15 is 0 Å². The lowest BCUT2D eigenvalue weighted by molar-refractivity contribution is 0.730. The second-order valence-electron chi connectivity index (χ2n) is 3.43. The zero-order chi connectivity index (χ0) is 11.8. The van der Waals surface area contributed by atoms with Gasteiger partial charge in [-0.05, 0) is 6.07 Å². The molecule has 0 aromatic carbocycles. The maximum Gasteiger partial charge on any atom is 0.276 e. The molecule has 3 rings (SSSR count). The molecule has 17 heavy (non-hydrogen) atoms. The Labute approximate surface area is 99.1 Å². The van der Waals surface area contributed by atoms with Gasteiger partial charge in [0, 0.05) is 12.4 Å². The second-order valence-corrected chi connectivity index (χ2v) is 4.52. The number of hydrogen-bond donors (Lipinski definition) is 1. The van der Waals surface area contributed by atoms with Crippen LogP contribution < -0.4 is 11.3 Å². The quantitative estimate of drug-likeness (QED) is 0.688. The molecule has 0 aliphatic heterocycles. The average molecular weight is 248 g/mol. The predicted molar refractivity (Wildman–Crippen MR) is 62.9 cm³/mol. The van der Waals surface area contributed by atoms with Crippen molar-refractivity contribution in [3.8, 4) is 0 Å². The number of nitrogens with two attached hydrogens (primary N) is 1. The van der Waals surface area contributed by atoms with Gasteiger partial charge in [-0.1, -0.05) is 11.3 Å². The normalized spacial score (nSPS) is 11.1. The first-order valence-corrected chi connectivity index (χ1v) is 5.66. The molecular formula is C9H8N6OS. The van der Waals surface area contributed by atoms with E-state index < -0.39 is 0 Å². The number of aromatic nitrogens is 5. The molecule has 3 aromatic rings. The summed E-state index contributed by atoms with van der Waals surface area (Å²) in [4.78, 5) is 12.0. The molecule has 0 saturated heterocycles. The van der Waals surface area contributed by atoms with E-state index in [1.165, 1.54) is 15.9 Å². The van der Waals surface area contributed by atoms with Crippen LogP contribution in [-0.2, 0) is 6.54 Å². The minimum Gasteiger partial charge on any atom is -0.374 e. The van der Waals surface area contributed by atoms with Crippen molar-refractivity contribution in [1.82, 2.24) is 24.4 Å². The number of nitrogen functional groups attached to an aromatic ring is 1. The molecule has 3 heterocycles. The van der Waals surface area contributed by atoms with Gasteiger partial charge in [0.2, 0.25) is 5.13 Å². The van der Waals surface area contributed by atoms with Crippen LogP contribution in [0, 0.1) is 0 Å². The van der Waals surface area contributed by atoms with Crippen molar-refractivity contribution >= 4 is 22.0 Å². The van der Waals surface area contributed by atoms with Crippen LogP contribution in [0.25, 0.3) is 5.52 Å². The van der Waals surface area contributed by atoms with E-state index in [9.17, 15) is 4.79 Å². The van der Waals surface area contributed by atoms with Gasteiger partial charge in [0.1, 0.15) is 10.5 Å². The van der Waals surface area contributed by atoms with E-state index in [0.29, 0.717) is 22.2 Å². The molecule has 0 bridgehead atoms. The molecular weight excluding hydrogens is 240 g/mol. The minimum absolute atomic E-state index is 0.112. The van der Waals surface area contributed by atoms with Crippen molar-refractivity contribution in [2.45, 2.75) is 6.54 Å². The van der Waals surface area contributed by atoms with Crippen LogP contribution in [0.2, 0.25) is 0 Å². The topological polar surface area (TPSA) is 91.1 Å². The summed E-state index contributed by atoms with van der Waals surface area (Å²) in [7, 11) is 0. The number of fused-ring (bicyclic) bond motifs is 1. The molecule has 3 aromatic heterocycles. The maximum absolute atomic E-state index is 12.0. The van der Waals surface area contributed by atoms with Crippen molar-refractivity contribution in [2.24, 2.45) is 0 Å². The van der Waals surface area contributed by atoms with Crippen LogP contribution in [0.15, 0.2) is 29.5 Å². The van der Waals surface area contributed by atoms with Crippen LogP contribution in [0.5, 0.6) is 0 Å². The third-order valence-electron chi connectivity index (χ3n) is 2.33. The Balaban J connectivity index is 2.06. The molecule has 0 atom stereocenters. The molecule has 0 amide bonds. The van der Waals surface area contributed by atoms with Gasteiger partial charge in [-0.15, -0.1) is 10.2 Å². The van der Waals surface area contributed by atoms with Crippen molar-refractivity contribution in [3.05, 3.63) is 40.0 Å². The summed E-state index contributed by atoms with van der Waals surface area (Å²) in [6.45, 7) is 0.370. The third kappa shape index (κ3) is 1.68. The molecule has 86 valence electrons. The first-order valence-electron chi connectivity index (χ1n) is 4.85. The Morgan fingerprint density at radius 3 is 3.00 bits per heavy atom. The molecule has 8 heteroatoms. The highest BCUT2D eigenvalue weighted by molar-refractivity contribution is 7.15.